The van der Waals surface area contributed by atoms with Crippen LogP contribution < -0.4 is 0 Å². The molecule has 1 heterocycles. The monoisotopic (exact) mass is 239 g/mol. The van der Waals surface area contributed by atoms with Crippen LogP contribution in [0.3, 0.4) is 0 Å². The molecule has 4 nitrogen and oxygen atoms in total. The second-order valence-corrected chi connectivity index (χ2v) is 3.89. The zero-order valence-corrected chi connectivity index (χ0v) is 8.70. The molecule has 0 amide bonds. The zero-order chi connectivity index (χ0) is 11.5. The third kappa shape index (κ3) is 2.40. The Labute approximate surface area is 94.1 Å². The van der Waals surface area contributed by atoms with Gasteiger partial charge in [-0.3, -0.25) is 0 Å². The van der Waals surface area contributed by atoms with Crippen molar-refractivity contribution >= 4 is 17.7 Å². The van der Waals surface area contributed by atoms with Crippen LogP contribution in [0.1, 0.15) is 10.5 Å². The number of oxazole rings is 1. The summed E-state index contributed by atoms with van der Waals surface area (Å²) in [5, 5.41) is 8.79. The number of carboxylic acids is 1. The van der Waals surface area contributed by atoms with Gasteiger partial charge in [-0.15, -0.1) is 0 Å². The van der Waals surface area contributed by atoms with E-state index < -0.39 is 5.97 Å². The first-order valence-electron chi connectivity index (χ1n) is 4.27. The molecule has 0 fully saturated rings. The summed E-state index contributed by atoms with van der Waals surface area (Å²) in [4.78, 5) is 14.8. The maximum Gasteiger partial charge on any atom is 0.357 e. The van der Waals surface area contributed by atoms with Crippen LogP contribution in [0.5, 0.6) is 0 Å². The molecule has 0 bridgehead atoms. The Morgan fingerprint density at radius 3 is 2.94 bits per heavy atom. The topological polar surface area (TPSA) is 63.3 Å². The molecular formula is C10H6FNO3S. The second kappa shape index (κ2) is 4.36. The Hall–Kier alpha value is -1.82. The van der Waals surface area contributed by atoms with E-state index in [4.69, 9.17) is 9.52 Å². The Morgan fingerprint density at radius 2 is 2.31 bits per heavy atom. The fourth-order valence-electron chi connectivity index (χ4n) is 1.03. The van der Waals surface area contributed by atoms with Gasteiger partial charge in [0.1, 0.15) is 12.1 Å². The van der Waals surface area contributed by atoms with Crippen molar-refractivity contribution in [1.29, 1.82) is 0 Å². The Bertz CT molecular complexity index is 526. The normalized spacial score (nSPS) is 10.3. The highest BCUT2D eigenvalue weighted by molar-refractivity contribution is 7.99. The van der Waals surface area contributed by atoms with Gasteiger partial charge in [0.15, 0.2) is 5.69 Å². The first-order valence-corrected chi connectivity index (χ1v) is 5.09. The SMILES string of the molecule is O=C(O)c1coc(Sc2cccc(F)c2)n1. The van der Waals surface area contributed by atoms with Crippen LogP contribution in [0.25, 0.3) is 0 Å². The lowest BCUT2D eigenvalue weighted by Gasteiger charge is -1.95. The number of rotatable bonds is 3. The number of carboxylic acid groups (broad SMARTS) is 1. The molecule has 2 rings (SSSR count). The quantitative estimate of drug-likeness (QED) is 0.892. The number of carbonyl (C=O) groups is 1. The highest BCUT2D eigenvalue weighted by atomic mass is 32.2. The molecular weight excluding hydrogens is 233 g/mol. The van der Waals surface area contributed by atoms with E-state index in [0.29, 0.717) is 4.90 Å². The molecule has 0 saturated carbocycles. The molecule has 2 aromatic rings. The molecule has 0 aliphatic heterocycles. The van der Waals surface area contributed by atoms with Gasteiger partial charge in [0, 0.05) is 4.90 Å². The first-order chi connectivity index (χ1) is 7.65. The fraction of sp³-hybridized carbons (Fsp3) is 0. The minimum Gasteiger partial charge on any atom is -0.476 e. The van der Waals surface area contributed by atoms with E-state index in [2.05, 4.69) is 4.98 Å². The maximum atomic E-state index is 12.8. The number of aromatic nitrogens is 1. The average Bonchev–Trinajstić information content (AvgIpc) is 2.66. The molecule has 0 unspecified atom stereocenters. The molecule has 0 saturated heterocycles. The molecule has 0 atom stereocenters. The van der Waals surface area contributed by atoms with Crippen molar-refractivity contribution in [2.24, 2.45) is 0 Å². The molecule has 82 valence electrons. The molecule has 0 aliphatic carbocycles. The average molecular weight is 239 g/mol. The van der Waals surface area contributed by atoms with Crippen molar-refractivity contribution in [2.45, 2.75) is 10.1 Å². The number of hydrogen-bond acceptors (Lipinski definition) is 4. The summed E-state index contributed by atoms with van der Waals surface area (Å²) in [6, 6.07) is 5.87. The summed E-state index contributed by atoms with van der Waals surface area (Å²) in [5.41, 5.74) is -0.168. The highest BCUT2D eigenvalue weighted by Gasteiger charge is 2.11. The van der Waals surface area contributed by atoms with Gasteiger partial charge in [-0.1, -0.05) is 6.07 Å². The van der Waals surface area contributed by atoms with Crippen LogP contribution in [0, 0.1) is 5.82 Å². The highest BCUT2D eigenvalue weighted by Crippen LogP contribution is 2.27. The first kappa shape index (κ1) is 10.7. The lowest BCUT2D eigenvalue weighted by atomic mass is 10.4. The van der Waals surface area contributed by atoms with Crippen LogP contribution in [0.15, 0.2) is 45.1 Å². The summed E-state index contributed by atoms with van der Waals surface area (Å²) in [6.07, 6.45) is 1.05. The van der Waals surface area contributed by atoms with E-state index in [-0.39, 0.29) is 16.7 Å². The maximum absolute atomic E-state index is 12.8. The van der Waals surface area contributed by atoms with Crippen LogP contribution >= 0.6 is 11.8 Å². The summed E-state index contributed by atoms with van der Waals surface area (Å²) < 4.78 is 17.8. The molecule has 1 aromatic carbocycles. The lowest BCUT2D eigenvalue weighted by molar-refractivity contribution is 0.0690. The van der Waals surface area contributed by atoms with Gasteiger partial charge in [-0.2, -0.15) is 4.98 Å². The molecule has 0 aliphatic rings. The van der Waals surface area contributed by atoms with Crippen LogP contribution in [0.2, 0.25) is 0 Å². The molecule has 16 heavy (non-hydrogen) atoms. The summed E-state index contributed by atoms with van der Waals surface area (Å²) >= 11 is 1.06. The van der Waals surface area contributed by atoms with Crippen molar-refractivity contribution in [3.05, 3.63) is 42.0 Å². The molecule has 0 radical (unpaired) electrons. The number of benzene rings is 1. The van der Waals surface area contributed by atoms with Gasteiger partial charge in [0.05, 0.1) is 0 Å². The van der Waals surface area contributed by atoms with E-state index in [0.717, 1.165) is 18.0 Å². The summed E-state index contributed by atoms with van der Waals surface area (Å²) in [6.45, 7) is 0. The van der Waals surface area contributed by atoms with Crippen molar-refractivity contribution in [3.8, 4) is 0 Å². The molecule has 1 N–H and O–H groups in total. The van der Waals surface area contributed by atoms with Crippen LogP contribution in [0.4, 0.5) is 4.39 Å². The van der Waals surface area contributed by atoms with E-state index in [1.165, 1.54) is 12.1 Å². The van der Waals surface area contributed by atoms with Gasteiger partial charge in [0.25, 0.3) is 5.22 Å². The fourth-order valence-corrected chi connectivity index (χ4v) is 1.79. The van der Waals surface area contributed by atoms with Gasteiger partial charge >= 0.3 is 5.97 Å². The van der Waals surface area contributed by atoms with Crippen LogP contribution in [-0.2, 0) is 0 Å². The lowest BCUT2D eigenvalue weighted by Crippen LogP contribution is -1.95. The third-order valence-corrected chi connectivity index (χ3v) is 2.56. The predicted octanol–water partition coefficient (Wildman–Crippen LogP) is 2.66. The standard InChI is InChI=1S/C10H6FNO3S/c11-6-2-1-3-7(4-6)16-10-12-8(5-15-10)9(13)14/h1-5H,(H,13,14). The Morgan fingerprint density at radius 1 is 1.50 bits per heavy atom. The van der Waals surface area contributed by atoms with E-state index in [9.17, 15) is 9.18 Å². The Kier molecular flexibility index (Phi) is 2.91. The van der Waals surface area contributed by atoms with Crippen molar-refractivity contribution < 1.29 is 18.7 Å². The van der Waals surface area contributed by atoms with E-state index in [1.54, 1.807) is 12.1 Å². The zero-order valence-electron chi connectivity index (χ0n) is 7.88. The largest absolute Gasteiger partial charge is 0.476 e. The van der Waals surface area contributed by atoms with Gasteiger partial charge in [0.2, 0.25) is 0 Å². The van der Waals surface area contributed by atoms with E-state index in [1.807, 2.05) is 0 Å². The van der Waals surface area contributed by atoms with Gasteiger partial charge in [-0.05, 0) is 30.0 Å². The van der Waals surface area contributed by atoms with Crippen LogP contribution in [-0.4, -0.2) is 16.1 Å². The molecule has 6 heteroatoms. The number of halogens is 1. The minimum atomic E-state index is -1.16. The molecule has 0 spiro atoms. The summed E-state index contributed by atoms with van der Waals surface area (Å²) in [7, 11) is 0. The number of nitrogens with zero attached hydrogens (tertiary/aromatic N) is 1. The minimum absolute atomic E-state index is 0.168. The smallest absolute Gasteiger partial charge is 0.357 e. The number of aromatic carboxylic acids is 1. The van der Waals surface area contributed by atoms with Crippen molar-refractivity contribution in [1.82, 2.24) is 4.98 Å². The van der Waals surface area contributed by atoms with E-state index >= 15 is 0 Å². The molecule has 1 aromatic heterocycles. The second-order valence-electron chi connectivity index (χ2n) is 2.86. The predicted molar refractivity (Wildman–Crippen MR) is 54.0 cm³/mol. The Balaban J connectivity index is 2.17. The van der Waals surface area contributed by atoms with Gasteiger partial charge < -0.3 is 9.52 Å². The summed E-state index contributed by atoms with van der Waals surface area (Å²) in [5.74, 6) is -1.52. The van der Waals surface area contributed by atoms with Crippen molar-refractivity contribution in [2.75, 3.05) is 0 Å². The van der Waals surface area contributed by atoms with Crippen molar-refractivity contribution in [3.63, 3.8) is 0 Å². The van der Waals surface area contributed by atoms with Gasteiger partial charge in [-0.25, -0.2) is 9.18 Å². The number of hydrogen-bond donors (Lipinski definition) is 1. The third-order valence-electron chi connectivity index (χ3n) is 1.70.